The molecule has 0 unspecified atom stereocenters. The fourth-order valence-electron chi connectivity index (χ4n) is 3.58. The van der Waals surface area contributed by atoms with Crippen molar-refractivity contribution in [2.75, 3.05) is 23.3 Å². The molecule has 1 saturated heterocycles. The van der Waals surface area contributed by atoms with E-state index in [1.165, 1.54) is 18.2 Å². The molecule has 3 amide bonds. The SMILES string of the molecule is O=C(Nc1ccc(N2CCCN(Cc3ccc(Cl)c(Cl)c3)C2=O)cc1)c1cccc(F)c1. The number of rotatable bonds is 5. The van der Waals surface area contributed by atoms with Crippen LogP contribution in [0.4, 0.5) is 20.6 Å². The van der Waals surface area contributed by atoms with Crippen LogP contribution in [0.5, 0.6) is 0 Å². The lowest BCUT2D eigenvalue weighted by Crippen LogP contribution is -2.49. The molecule has 3 aromatic carbocycles. The standard InChI is InChI=1S/C24H20Cl2FN3O2/c25-21-10-5-16(13-22(21)26)15-29-11-2-12-30(24(29)32)20-8-6-19(7-9-20)28-23(31)17-3-1-4-18(27)14-17/h1,3-10,13-14H,2,11-12,15H2,(H,28,31). The highest BCUT2D eigenvalue weighted by atomic mass is 35.5. The number of nitrogens with one attached hydrogen (secondary N) is 1. The van der Waals surface area contributed by atoms with Crippen molar-refractivity contribution in [3.05, 3.63) is 93.7 Å². The molecule has 32 heavy (non-hydrogen) atoms. The van der Waals surface area contributed by atoms with Gasteiger partial charge in [-0.25, -0.2) is 9.18 Å². The van der Waals surface area contributed by atoms with E-state index in [9.17, 15) is 14.0 Å². The van der Waals surface area contributed by atoms with Crippen LogP contribution in [-0.4, -0.2) is 29.9 Å². The Balaban J connectivity index is 1.43. The molecule has 0 saturated carbocycles. The molecular formula is C24H20Cl2FN3O2. The molecule has 0 radical (unpaired) electrons. The monoisotopic (exact) mass is 471 g/mol. The number of hydrogen-bond donors (Lipinski definition) is 1. The average molecular weight is 472 g/mol. The fourth-order valence-corrected chi connectivity index (χ4v) is 3.90. The molecule has 0 aromatic heterocycles. The predicted octanol–water partition coefficient (Wildman–Crippen LogP) is 6.22. The van der Waals surface area contributed by atoms with Crippen LogP contribution in [0.1, 0.15) is 22.3 Å². The van der Waals surface area contributed by atoms with Gasteiger partial charge in [-0.3, -0.25) is 9.69 Å². The van der Waals surface area contributed by atoms with Gasteiger partial charge in [-0.1, -0.05) is 35.3 Å². The smallest absolute Gasteiger partial charge is 0.322 e. The van der Waals surface area contributed by atoms with Crippen molar-refractivity contribution in [2.24, 2.45) is 0 Å². The van der Waals surface area contributed by atoms with Gasteiger partial charge in [0.1, 0.15) is 5.82 Å². The highest BCUT2D eigenvalue weighted by Gasteiger charge is 2.27. The zero-order valence-corrected chi connectivity index (χ0v) is 18.5. The summed E-state index contributed by atoms with van der Waals surface area (Å²) in [7, 11) is 0. The summed E-state index contributed by atoms with van der Waals surface area (Å²) >= 11 is 12.1. The Kier molecular flexibility index (Phi) is 6.63. The van der Waals surface area contributed by atoms with E-state index < -0.39 is 11.7 Å². The van der Waals surface area contributed by atoms with E-state index in [-0.39, 0.29) is 11.6 Å². The van der Waals surface area contributed by atoms with Gasteiger partial charge in [0.15, 0.2) is 0 Å². The van der Waals surface area contributed by atoms with E-state index in [1.54, 1.807) is 52.3 Å². The van der Waals surface area contributed by atoms with Crippen molar-refractivity contribution in [1.29, 1.82) is 0 Å². The normalized spacial score (nSPS) is 13.9. The average Bonchev–Trinajstić information content (AvgIpc) is 2.78. The maximum Gasteiger partial charge on any atom is 0.324 e. The van der Waals surface area contributed by atoms with Crippen molar-refractivity contribution in [1.82, 2.24) is 4.90 Å². The number of hydrogen-bond acceptors (Lipinski definition) is 2. The molecule has 1 aliphatic rings. The van der Waals surface area contributed by atoms with Gasteiger partial charge in [0.25, 0.3) is 5.91 Å². The number of amides is 3. The minimum atomic E-state index is -0.470. The summed E-state index contributed by atoms with van der Waals surface area (Å²) in [6.07, 6.45) is 0.825. The summed E-state index contributed by atoms with van der Waals surface area (Å²) in [4.78, 5) is 28.8. The van der Waals surface area contributed by atoms with Crippen molar-refractivity contribution in [3.63, 3.8) is 0 Å². The van der Waals surface area contributed by atoms with Crippen LogP contribution < -0.4 is 10.2 Å². The van der Waals surface area contributed by atoms with Gasteiger partial charge in [-0.15, -0.1) is 0 Å². The lowest BCUT2D eigenvalue weighted by molar-refractivity contribution is 0.102. The van der Waals surface area contributed by atoms with Crippen LogP contribution in [0.2, 0.25) is 10.0 Å². The van der Waals surface area contributed by atoms with E-state index >= 15 is 0 Å². The summed E-state index contributed by atoms with van der Waals surface area (Å²) in [5, 5.41) is 3.67. The minimum Gasteiger partial charge on any atom is -0.322 e. The van der Waals surface area contributed by atoms with Crippen LogP contribution in [0.15, 0.2) is 66.7 Å². The molecule has 1 fully saturated rings. The van der Waals surface area contributed by atoms with E-state index in [0.717, 1.165) is 17.7 Å². The fraction of sp³-hybridized carbons (Fsp3) is 0.167. The van der Waals surface area contributed by atoms with Crippen molar-refractivity contribution < 1.29 is 14.0 Å². The minimum absolute atomic E-state index is 0.0983. The predicted molar refractivity (Wildman–Crippen MR) is 125 cm³/mol. The first-order chi connectivity index (χ1) is 15.4. The van der Waals surface area contributed by atoms with Gasteiger partial charge in [0, 0.05) is 36.6 Å². The molecular weight excluding hydrogens is 452 g/mol. The Bertz CT molecular complexity index is 1150. The van der Waals surface area contributed by atoms with E-state index in [0.29, 0.717) is 35.4 Å². The van der Waals surface area contributed by atoms with Crippen molar-refractivity contribution in [2.45, 2.75) is 13.0 Å². The second-order valence-corrected chi connectivity index (χ2v) is 8.28. The molecule has 3 aromatic rings. The molecule has 0 atom stereocenters. The third-order valence-electron chi connectivity index (χ3n) is 5.19. The van der Waals surface area contributed by atoms with Gasteiger partial charge in [0.2, 0.25) is 0 Å². The molecule has 1 aliphatic heterocycles. The topological polar surface area (TPSA) is 52.7 Å². The third kappa shape index (κ3) is 5.03. The molecule has 4 rings (SSSR count). The van der Waals surface area contributed by atoms with E-state index in [2.05, 4.69) is 5.32 Å². The number of anilines is 2. The quantitative estimate of drug-likeness (QED) is 0.480. The molecule has 0 aliphatic carbocycles. The number of benzene rings is 3. The number of urea groups is 1. The number of carbonyl (C=O) groups excluding carboxylic acids is 2. The van der Waals surface area contributed by atoms with Crippen LogP contribution in [0.25, 0.3) is 0 Å². The van der Waals surface area contributed by atoms with E-state index in [4.69, 9.17) is 23.2 Å². The maximum absolute atomic E-state index is 13.3. The second-order valence-electron chi connectivity index (χ2n) is 7.47. The molecule has 5 nitrogen and oxygen atoms in total. The lowest BCUT2D eigenvalue weighted by atomic mass is 10.1. The molecule has 0 spiro atoms. The zero-order chi connectivity index (χ0) is 22.7. The van der Waals surface area contributed by atoms with Crippen LogP contribution in [-0.2, 0) is 6.54 Å². The Hall–Kier alpha value is -3.09. The summed E-state index contributed by atoms with van der Waals surface area (Å²) < 4.78 is 13.3. The molecule has 164 valence electrons. The molecule has 8 heteroatoms. The Morgan fingerprint density at radius 1 is 0.969 bits per heavy atom. The van der Waals surface area contributed by atoms with Crippen LogP contribution in [0, 0.1) is 5.82 Å². The van der Waals surface area contributed by atoms with Crippen molar-refractivity contribution >= 4 is 46.5 Å². The number of carbonyl (C=O) groups is 2. The Labute approximate surface area is 195 Å². The number of nitrogens with zero attached hydrogens (tertiary/aromatic N) is 2. The maximum atomic E-state index is 13.3. The Morgan fingerprint density at radius 2 is 1.75 bits per heavy atom. The zero-order valence-electron chi connectivity index (χ0n) is 17.0. The number of halogens is 3. The molecule has 1 heterocycles. The van der Waals surface area contributed by atoms with Gasteiger partial charge in [0.05, 0.1) is 10.0 Å². The summed E-state index contributed by atoms with van der Waals surface area (Å²) in [5.74, 6) is -0.874. The highest BCUT2D eigenvalue weighted by Crippen LogP contribution is 2.26. The molecule has 1 N–H and O–H groups in total. The largest absolute Gasteiger partial charge is 0.324 e. The first-order valence-electron chi connectivity index (χ1n) is 10.1. The first-order valence-corrected chi connectivity index (χ1v) is 10.8. The Morgan fingerprint density at radius 3 is 2.47 bits per heavy atom. The molecule has 0 bridgehead atoms. The van der Waals surface area contributed by atoms with E-state index in [1.807, 2.05) is 6.07 Å². The van der Waals surface area contributed by atoms with Crippen LogP contribution >= 0.6 is 23.2 Å². The second kappa shape index (κ2) is 9.59. The van der Waals surface area contributed by atoms with Crippen molar-refractivity contribution in [3.8, 4) is 0 Å². The van der Waals surface area contributed by atoms with Gasteiger partial charge in [-0.05, 0) is 66.6 Å². The van der Waals surface area contributed by atoms with Gasteiger partial charge < -0.3 is 10.2 Å². The summed E-state index contributed by atoms with van der Waals surface area (Å²) in [5.41, 5.74) is 2.43. The van der Waals surface area contributed by atoms with Gasteiger partial charge >= 0.3 is 6.03 Å². The summed E-state index contributed by atoms with van der Waals surface area (Å²) in [6, 6.07) is 17.7. The lowest BCUT2D eigenvalue weighted by Gasteiger charge is -2.35. The third-order valence-corrected chi connectivity index (χ3v) is 5.93. The van der Waals surface area contributed by atoms with Gasteiger partial charge in [-0.2, -0.15) is 0 Å². The summed E-state index contributed by atoms with van der Waals surface area (Å²) in [6.45, 7) is 1.69. The highest BCUT2D eigenvalue weighted by molar-refractivity contribution is 6.42. The first kappa shape index (κ1) is 22.1. The van der Waals surface area contributed by atoms with Crippen LogP contribution in [0.3, 0.4) is 0 Å².